The summed E-state index contributed by atoms with van der Waals surface area (Å²) < 4.78 is 0. The van der Waals surface area contributed by atoms with Gasteiger partial charge < -0.3 is 0 Å². The van der Waals surface area contributed by atoms with Gasteiger partial charge in [0.25, 0.3) is 5.95 Å². The van der Waals surface area contributed by atoms with Gasteiger partial charge in [-0.1, -0.05) is 18.9 Å². The van der Waals surface area contributed by atoms with E-state index < -0.39 is 0 Å². The van der Waals surface area contributed by atoms with Gasteiger partial charge in [0.1, 0.15) is 0 Å². The largest absolute Gasteiger partial charge is 0.292 e. The van der Waals surface area contributed by atoms with Crippen molar-refractivity contribution in [1.29, 1.82) is 0 Å². The summed E-state index contributed by atoms with van der Waals surface area (Å²) >= 11 is 0. The standard InChI is InChI=1S/C7H13N5O/c1-5(2)4-6(13)8-7-9-11-12(3)10-7/h5H,4H2,1-3H3,(H,8,10,13). The smallest absolute Gasteiger partial charge is 0.270 e. The van der Waals surface area contributed by atoms with Crippen LogP contribution < -0.4 is 5.32 Å². The summed E-state index contributed by atoms with van der Waals surface area (Å²) in [6, 6.07) is 0. The zero-order valence-corrected chi connectivity index (χ0v) is 7.98. The van der Waals surface area contributed by atoms with E-state index in [4.69, 9.17) is 0 Å². The fourth-order valence-corrected chi connectivity index (χ4v) is 0.881. The monoisotopic (exact) mass is 183 g/mol. The number of aromatic nitrogens is 4. The highest BCUT2D eigenvalue weighted by Gasteiger charge is 2.07. The predicted molar refractivity (Wildman–Crippen MR) is 46.9 cm³/mol. The van der Waals surface area contributed by atoms with Crippen LogP contribution >= 0.6 is 0 Å². The number of nitrogens with zero attached hydrogens (tertiary/aromatic N) is 4. The Morgan fingerprint density at radius 3 is 2.77 bits per heavy atom. The lowest BCUT2D eigenvalue weighted by Crippen LogP contribution is -2.14. The molecule has 1 amide bonds. The van der Waals surface area contributed by atoms with Crippen LogP contribution in [0.15, 0.2) is 0 Å². The summed E-state index contributed by atoms with van der Waals surface area (Å²) in [7, 11) is 1.64. The van der Waals surface area contributed by atoms with E-state index in [2.05, 4.69) is 20.7 Å². The first-order valence-electron chi connectivity index (χ1n) is 4.12. The van der Waals surface area contributed by atoms with Gasteiger partial charge in [-0.15, -0.1) is 5.10 Å². The predicted octanol–water partition coefficient (Wildman–Crippen LogP) is 0.195. The van der Waals surface area contributed by atoms with Gasteiger partial charge in [-0.3, -0.25) is 10.1 Å². The molecule has 0 aliphatic heterocycles. The first kappa shape index (κ1) is 9.63. The number of nitrogens with one attached hydrogen (secondary N) is 1. The number of hydrogen-bond acceptors (Lipinski definition) is 4. The van der Waals surface area contributed by atoms with Crippen LogP contribution in [0.4, 0.5) is 5.95 Å². The normalized spacial score (nSPS) is 10.5. The number of anilines is 1. The Hall–Kier alpha value is -1.46. The minimum Gasteiger partial charge on any atom is -0.292 e. The molecule has 6 nitrogen and oxygen atoms in total. The van der Waals surface area contributed by atoms with Gasteiger partial charge in [0, 0.05) is 6.42 Å². The van der Waals surface area contributed by atoms with Gasteiger partial charge in [-0.25, -0.2) is 0 Å². The average molecular weight is 183 g/mol. The van der Waals surface area contributed by atoms with Crippen molar-refractivity contribution in [2.45, 2.75) is 20.3 Å². The molecule has 1 heterocycles. The third-order valence-corrected chi connectivity index (χ3v) is 1.35. The number of aryl methyl sites for hydroxylation is 1. The maximum absolute atomic E-state index is 11.2. The Morgan fingerprint density at radius 2 is 2.31 bits per heavy atom. The number of tetrazole rings is 1. The Morgan fingerprint density at radius 1 is 1.62 bits per heavy atom. The summed E-state index contributed by atoms with van der Waals surface area (Å²) in [6.45, 7) is 3.95. The van der Waals surface area contributed by atoms with E-state index in [1.165, 1.54) is 4.80 Å². The van der Waals surface area contributed by atoms with Gasteiger partial charge in [0.05, 0.1) is 7.05 Å². The zero-order chi connectivity index (χ0) is 9.84. The topological polar surface area (TPSA) is 72.7 Å². The van der Waals surface area contributed by atoms with E-state index in [0.717, 1.165) is 0 Å². The van der Waals surface area contributed by atoms with Gasteiger partial charge in [-0.05, 0) is 11.1 Å². The molecule has 0 spiro atoms. The first-order valence-corrected chi connectivity index (χ1v) is 4.12. The van der Waals surface area contributed by atoms with Crippen molar-refractivity contribution in [2.24, 2.45) is 13.0 Å². The molecule has 0 aliphatic rings. The first-order chi connectivity index (χ1) is 6.08. The molecule has 0 unspecified atom stereocenters. The number of hydrogen-bond donors (Lipinski definition) is 1. The molecule has 0 fully saturated rings. The third kappa shape index (κ3) is 3.18. The second-order valence-corrected chi connectivity index (χ2v) is 3.25. The molecule has 13 heavy (non-hydrogen) atoms. The fraction of sp³-hybridized carbons (Fsp3) is 0.714. The highest BCUT2D eigenvalue weighted by atomic mass is 16.1. The quantitative estimate of drug-likeness (QED) is 0.726. The molecule has 0 saturated heterocycles. The van der Waals surface area contributed by atoms with Gasteiger partial charge in [-0.2, -0.15) is 4.80 Å². The highest BCUT2D eigenvalue weighted by Crippen LogP contribution is 2.01. The lowest BCUT2D eigenvalue weighted by atomic mass is 10.1. The van der Waals surface area contributed by atoms with Crippen LogP contribution in [0.2, 0.25) is 0 Å². The number of amides is 1. The molecule has 1 aromatic heterocycles. The second-order valence-electron chi connectivity index (χ2n) is 3.25. The Balaban J connectivity index is 2.45. The molecule has 6 heteroatoms. The number of carbonyl (C=O) groups is 1. The van der Waals surface area contributed by atoms with Crippen molar-refractivity contribution < 1.29 is 4.79 Å². The van der Waals surface area contributed by atoms with Crippen LogP contribution in [0, 0.1) is 5.92 Å². The molecule has 1 rings (SSSR count). The Labute approximate surface area is 76.3 Å². The van der Waals surface area contributed by atoms with Crippen molar-refractivity contribution in [1.82, 2.24) is 20.2 Å². The molecule has 0 aromatic carbocycles. The molecule has 0 radical (unpaired) electrons. The van der Waals surface area contributed by atoms with E-state index >= 15 is 0 Å². The van der Waals surface area contributed by atoms with E-state index in [1.54, 1.807) is 7.05 Å². The van der Waals surface area contributed by atoms with Gasteiger partial charge >= 0.3 is 0 Å². The summed E-state index contributed by atoms with van der Waals surface area (Å²) in [5.41, 5.74) is 0. The lowest BCUT2D eigenvalue weighted by Gasteiger charge is -2.02. The van der Waals surface area contributed by atoms with Crippen LogP contribution in [0.1, 0.15) is 20.3 Å². The average Bonchev–Trinajstić information content (AvgIpc) is 2.33. The number of carbonyl (C=O) groups excluding carboxylic acids is 1. The van der Waals surface area contributed by atoms with E-state index in [1.807, 2.05) is 13.8 Å². The molecule has 1 aromatic rings. The molecular weight excluding hydrogens is 170 g/mol. The SMILES string of the molecule is CC(C)CC(=O)Nc1nnn(C)n1. The summed E-state index contributed by atoms with van der Waals surface area (Å²) in [5, 5.41) is 13.6. The number of rotatable bonds is 3. The molecule has 1 N–H and O–H groups in total. The summed E-state index contributed by atoms with van der Waals surface area (Å²) in [4.78, 5) is 12.5. The van der Waals surface area contributed by atoms with Gasteiger partial charge in [0.2, 0.25) is 5.91 Å². The fourth-order valence-electron chi connectivity index (χ4n) is 0.881. The maximum atomic E-state index is 11.2. The molecule has 0 aliphatic carbocycles. The van der Waals surface area contributed by atoms with Crippen molar-refractivity contribution in [3.63, 3.8) is 0 Å². The van der Waals surface area contributed by atoms with Crippen molar-refractivity contribution in [2.75, 3.05) is 5.32 Å². The van der Waals surface area contributed by atoms with Crippen LogP contribution in [-0.2, 0) is 11.8 Å². The maximum Gasteiger partial charge on any atom is 0.270 e. The molecular formula is C7H13N5O. The van der Waals surface area contributed by atoms with Crippen LogP contribution in [0.25, 0.3) is 0 Å². The minimum atomic E-state index is -0.0806. The third-order valence-electron chi connectivity index (χ3n) is 1.35. The van der Waals surface area contributed by atoms with E-state index in [0.29, 0.717) is 12.3 Å². The zero-order valence-electron chi connectivity index (χ0n) is 7.98. The molecule has 72 valence electrons. The van der Waals surface area contributed by atoms with Crippen LogP contribution in [0.3, 0.4) is 0 Å². The Bertz CT molecular complexity index is 293. The van der Waals surface area contributed by atoms with Crippen LogP contribution in [0.5, 0.6) is 0 Å². The summed E-state index contributed by atoms with van der Waals surface area (Å²) in [6.07, 6.45) is 0.470. The van der Waals surface area contributed by atoms with Crippen LogP contribution in [-0.4, -0.2) is 26.1 Å². The van der Waals surface area contributed by atoms with Crippen molar-refractivity contribution in [3.8, 4) is 0 Å². The van der Waals surface area contributed by atoms with Crippen molar-refractivity contribution >= 4 is 11.9 Å². The van der Waals surface area contributed by atoms with E-state index in [9.17, 15) is 4.79 Å². The minimum absolute atomic E-state index is 0.0806. The molecule has 0 atom stereocenters. The van der Waals surface area contributed by atoms with E-state index in [-0.39, 0.29) is 11.9 Å². The Kier molecular flexibility index (Phi) is 2.94. The second kappa shape index (κ2) is 3.97. The molecule has 0 bridgehead atoms. The molecule has 0 saturated carbocycles. The van der Waals surface area contributed by atoms with Crippen molar-refractivity contribution in [3.05, 3.63) is 0 Å². The lowest BCUT2D eigenvalue weighted by molar-refractivity contribution is -0.116. The summed E-state index contributed by atoms with van der Waals surface area (Å²) in [5.74, 6) is 0.507. The highest BCUT2D eigenvalue weighted by molar-refractivity contribution is 5.88. The van der Waals surface area contributed by atoms with Gasteiger partial charge in [0.15, 0.2) is 0 Å².